The van der Waals surface area contributed by atoms with E-state index in [1.54, 1.807) is 6.07 Å². The van der Waals surface area contributed by atoms with E-state index >= 15 is 0 Å². The number of rotatable bonds is 5. The lowest BCUT2D eigenvalue weighted by Crippen LogP contribution is -2.18. The van der Waals surface area contributed by atoms with Crippen LogP contribution >= 0.6 is 0 Å². The van der Waals surface area contributed by atoms with Crippen LogP contribution in [0.3, 0.4) is 0 Å². The van der Waals surface area contributed by atoms with E-state index in [4.69, 9.17) is 4.74 Å². The summed E-state index contributed by atoms with van der Waals surface area (Å²) in [6, 6.07) is 13.3. The number of hydrogen-bond donors (Lipinski definition) is 1. The van der Waals surface area contributed by atoms with Gasteiger partial charge in [-0.2, -0.15) is 0 Å². The average Bonchev–Trinajstić information content (AvgIpc) is 3.31. The Bertz CT molecular complexity index is 1010. The second-order valence-corrected chi connectivity index (χ2v) is 6.53. The first-order valence-electron chi connectivity index (χ1n) is 8.70. The molecule has 2 aromatic carbocycles. The summed E-state index contributed by atoms with van der Waals surface area (Å²) in [6.07, 6.45) is 0.963. The number of para-hydroxylation sites is 2. The summed E-state index contributed by atoms with van der Waals surface area (Å²) in [6.45, 7) is 2.11. The monoisotopic (exact) mass is 366 g/mol. The van der Waals surface area contributed by atoms with Crippen molar-refractivity contribution in [3.8, 4) is 0 Å². The van der Waals surface area contributed by atoms with Crippen molar-refractivity contribution in [1.29, 1.82) is 0 Å². The molecule has 27 heavy (non-hydrogen) atoms. The molecule has 1 N–H and O–H groups in total. The summed E-state index contributed by atoms with van der Waals surface area (Å²) in [5, 5.41) is 13.8. The number of ether oxygens (including phenoxy) is 1. The van der Waals surface area contributed by atoms with Gasteiger partial charge in [0.05, 0.1) is 22.6 Å². The smallest absolute Gasteiger partial charge is 0.270 e. The first-order valence-corrected chi connectivity index (χ1v) is 8.70. The van der Waals surface area contributed by atoms with Crippen LogP contribution in [0.25, 0.3) is 11.0 Å². The molecular formula is C19H18N4O4. The summed E-state index contributed by atoms with van der Waals surface area (Å²) < 4.78 is 7.44. The number of carbonyl (C=O) groups excluding carboxylic acids is 1. The predicted octanol–water partition coefficient (Wildman–Crippen LogP) is 3.23. The Labute approximate surface area is 154 Å². The number of nitrogens with zero attached hydrogens (tertiary/aromatic N) is 3. The zero-order chi connectivity index (χ0) is 18.8. The zero-order valence-electron chi connectivity index (χ0n) is 14.5. The van der Waals surface area contributed by atoms with Gasteiger partial charge in [0.2, 0.25) is 5.95 Å². The third-order valence-electron chi connectivity index (χ3n) is 4.66. The van der Waals surface area contributed by atoms with Crippen molar-refractivity contribution >= 4 is 28.6 Å². The Hall–Kier alpha value is -3.26. The largest absolute Gasteiger partial charge is 0.381 e. The van der Waals surface area contributed by atoms with Gasteiger partial charge >= 0.3 is 0 Å². The molecule has 8 nitrogen and oxygen atoms in total. The highest BCUT2D eigenvalue weighted by Crippen LogP contribution is 2.24. The fraction of sp³-hybridized carbons (Fsp3) is 0.263. The third kappa shape index (κ3) is 3.52. The van der Waals surface area contributed by atoms with E-state index < -0.39 is 10.8 Å². The van der Waals surface area contributed by atoms with Crippen LogP contribution in [0.1, 0.15) is 16.8 Å². The van der Waals surface area contributed by atoms with Gasteiger partial charge < -0.3 is 9.30 Å². The van der Waals surface area contributed by atoms with Gasteiger partial charge in [-0.3, -0.25) is 20.2 Å². The van der Waals surface area contributed by atoms with Gasteiger partial charge in [0.25, 0.3) is 11.6 Å². The number of non-ortho nitro benzene ring substituents is 1. The topological polar surface area (TPSA) is 99.3 Å². The molecule has 0 saturated carbocycles. The van der Waals surface area contributed by atoms with E-state index in [0.717, 1.165) is 24.1 Å². The van der Waals surface area contributed by atoms with Crippen LogP contribution in [0.5, 0.6) is 0 Å². The average molecular weight is 366 g/mol. The normalized spacial score (nSPS) is 16.5. The van der Waals surface area contributed by atoms with Crippen LogP contribution in [-0.4, -0.2) is 33.6 Å². The zero-order valence-corrected chi connectivity index (χ0v) is 14.5. The minimum absolute atomic E-state index is 0.126. The molecule has 0 radical (unpaired) electrons. The molecule has 1 fully saturated rings. The second kappa shape index (κ2) is 7.16. The van der Waals surface area contributed by atoms with Crippen LogP contribution in [0.2, 0.25) is 0 Å². The van der Waals surface area contributed by atoms with Crippen LogP contribution in [-0.2, 0) is 11.3 Å². The van der Waals surface area contributed by atoms with Crippen LogP contribution in [0.15, 0.2) is 48.5 Å². The Balaban J connectivity index is 1.65. The molecule has 0 bridgehead atoms. The molecule has 0 spiro atoms. The van der Waals surface area contributed by atoms with Crippen molar-refractivity contribution in [2.24, 2.45) is 5.92 Å². The van der Waals surface area contributed by atoms with Crippen molar-refractivity contribution in [3.63, 3.8) is 0 Å². The Morgan fingerprint density at radius 1 is 1.30 bits per heavy atom. The fourth-order valence-corrected chi connectivity index (χ4v) is 3.28. The van der Waals surface area contributed by atoms with Crippen molar-refractivity contribution in [2.75, 3.05) is 18.5 Å². The second-order valence-electron chi connectivity index (χ2n) is 6.53. The number of amides is 1. The molecular weight excluding hydrogens is 348 g/mol. The van der Waals surface area contributed by atoms with Gasteiger partial charge in [-0.15, -0.1) is 0 Å². The van der Waals surface area contributed by atoms with Crippen molar-refractivity contribution in [1.82, 2.24) is 9.55 Å². The number of benzene rings is 2. The molecule has 138 valence electrons. The maximum absolute atomic E-state index is 12.6. The highest BCUT2D eigenvalue weighted by molar-refractivity contribution is 6.04. The van der Waals surface area contributed by atoms with E-state index in [1.807, 2.05) is 28.8 Å². The van der Waals surface area contributed by atoms with E-state index in [9.17, 15) is 14.9 Å². The quantitative estimate of drug-likeness (QED) is 0.552. The van der Waals surface area contributed by atoms with Crippen molar-refractivity contribution < 1.29 is 14.5 Å². The fourth-order valence-electron chi connectivity index (χ4n) is 3.28. The molecule has 8 heteroatoms. The molecule has 1 unspecified atom stereocenters. The van der Waals surface area contributed by atoms with Gasteiger partial charge in [-0.05, 0) is 24.6 Å². The highest BCUT2D eigenvalue weighted by atomic mass is 16.6. The van der Waals surface area contributed by atoms with Gasteiger partial charge in [-0.1, -0.05) is 18.2 Å². The van der Waals surface area contributed by atoms with Gasteiger partial charge in [0.15, 0.2) is 0 Å². The lowest BCUT2D eigenvalue weighted by molar-refractivity contribution is -0.384. The minimum atomic E-state index is -0.522. The summed E-state index contributed by atoms with van der Waals surface area (Å²) in [5.41, 5.74) is 1.80. The molecule has 1 atom stereocenters. The molecule has 1 amide bonds. The molecule has 1 aliphatic rings. The minimum Gasteiger partial charge on any atom is -0.381 e. The number of carbonyl (C=O) groups is 1. The number of imidazole rings is 1. The Morgan fingerprint density at radius 2 is 2.15 bits per heavy atom. The standard InChI is InChI=1S/C19H18N4O4/c24-18(14-4-3-5-15(10-14)23(25)26)21-19-20-16-6-1-2-7-17(16)22(19)11-13-8-9-27-12-13/h1-7,10,13H,8-9,11-12H2,(H,20,21,24). The van der Waals surface area contributed by atoms with Crippen molar-refractivity contribution in [3.05, 3.63) is 64.2 Å². The number of aromatic nitrogens is 2. The van der Waals surface area contributed by atoms with E-state index in [2.05, 4.69) is 10.3 Å². The summed E-state index contributed by atoms with van der Waals surface area (Å²) in [5.74, 6) is 0.355. The number of nitro groups is 1. The molecule has 4 rings (SSSR count). The SMILES string of the molecule is O=C(Nc1nc2ccccc2n1CC1CCOC1)c1cccc([N+](=O)[O-])c1. The lowest BCUT2D eigenvalue weighted by Gasteiger charge is -2.13. The lowest BCUT2D eigenvalue weighted by atomic mass is 10.1. The number of anilines is 1. The first-order chi connectivity index (χ1) is 13.1. The number of hydrogen-bond acceptors (Lipinski definition) is 5. The highest BCUT2D eigenvalue weighted by Gasteiger charge is 2.21. The number of nitrogens with one attached hydrogen (secondary N) is 1. The third-order valence-corrected chi connectivity index (χ3v) is 4.66. The van der Waals surface area contributed by atoms with Gasteiger partial charge in [-0.25, -0.2) is 4.98 Å². The van der Waals surface area contributed by atoms with Crippen molar-refractivity contribution in [2.45, 2.75) is 13.0 Å². The maximum Gasteiger partial charge on any atom is 0.270 e. The summed E-state index contributed by atoms with van der Waals surface area (Å²) in [7, 11) is 0. The van der Waals surface area contributed by atoms with Crippen LogP contribution < -0.4 is 5.32 Å². The van der Waals surface area contributed by atoms with Gasteiger partial charge in [0, 0.05) is 36.8 Å². The predicted molar refractivity (Wildman–Crippen MR) is 99.7 cm³/mol. The number of nitro benzene ring substituents is 1. The maximum atomic E-state index is 12.6. The molecule has 1 saturated heterocycles. The van der Waals surface area contributed by atoms with E-state index in [1.165, 1.54) is 18.2 Å². The number of fused-ring (bicyclic) bond motifs is 1. The first kappa shape index (κ1) is 17.2. The molecule has 3 aromatic rings. The Kier molecular flexibility index (Phi) is 4.55. The Morgan fingerprint density at radius 3 is 2.93 bits per heavy atom. The van der Waals surface area contributed by atoms with Crippen LogP contribution in [0.4, 0.5) is 11.6 Å². The molecule has 1 aliphatic heterocycles. The van der Waals surface area contributed by atoms with Crippen LogP contribution in [0, 0.1) is 16.0 Å². The molecule has 0 aliphatic carbocycles. The van der Waals surface area contributed by atoms with Gasteiger partial charge in [0.1, 0.15) is 0 Å². The molecule has 2 heterocycles. The molecule has 1 aromatic heterocycles. The summed E-state index contributed by atoms with van der Waals surface area (Å²) >= 11 is 0. The van der Waals surface area contributed by atoms with E-state index in [-0.39, 0.29) is 11.3 Å². The summed E-state index contributed by atoms with van der Waals surface area (Å²) in [4.78, 5) is 27.6. The van der Waals surface area contributed by atoms with E-state index in [0.29, 0.717) is 25.0 Å².